The Morgan fingerprint density at radius 2 is 0.800 bits per heavy atom. The predicted molar refractivity (Wildman–Crippen MR) is 553 cm³/mol. The molecule has 0 aliphatic carbocycles. The number of hydrogen-bond donors (Lipinski definition) is 2. The van der Waals surface area contributed by atoms with Gasteiger partial charge >= 0.3 is 6.18 Å². The van der Waals surface area contributed by atoms with E-state index in [4.69, 9.17) is 30.5 Å². The Bertz CT molecular complexity index is 9550. The smallest absolute Gasteiger partial charge is 0.443 e. The van der Waals surface area contributed by atoms with E-state index in [1.165, 1.54) is 103 Å². The van der Waals surface area contributed by atoms with Crippen LogP contribution >= 0.6 is 90.7 Å². The van der Waals surface area contributed by atoms with Crippen LogP contribution in [0.5, 0.6) is 11.5 Å². The van der Waals surface area contributed by atoms with Crippen LogP contribution in [-0.4, -0.2) is 169 Å². The van der Waals surface area contributed by atoms with Crippen LogP contribution in [0.4, 0.5) is 13.2 Å². The molecular weight excluding hydrogens is 2030 g/mol. The SMILES string of the molecule is CCCOCCn1ncc2c3sc(C)nc3n(C)c2c1=O.COc1cccc(Cn2ncc3c4sc(C(C)O)nc4n(C)c3c2=O)c1.COc1cccc(Cn2ncc3c4sc(C(F)(F)F)nc4n(C)c3c2=O)c1.Cc1cccc(Cn2ncc3c4sc(C#N)nc4n(C)c3c2=O)n1.Cc1nc(Cn2ncc3c4sc(C#N)nc4n(C)c3c2=O)cs1.Cc1nc(Cn2ncc3c4sc(C(N)=O)nc4n(C)c3c2=O)cs1. The minimum Gasteiger partial charge on any atom is -0.497 e. The van der Waals surface area contributed by atoms with E-state index < -0.39 is 28.8 Å². The average molecular weight is 2110 g/mol. The molecule has 0 saturated heterocycles. The number of nitriles is 2. The number of nitrogens with two attached hydrogens (primary N) is 1. The molecule has 0 aliphatic heterocycles. The number of thiazole rings is 8. The highest BCUT2D eigenvalue weighted by molar-refractivity contribution is 7.22. The summed E-state index contributed by atoms with van der Waals surface area (Å²) in [5, 5.41) is 64.9. The highest BCUT2D eigenvalue weighted by atomic mass is 32.1. The van der Waals surface area contributed by atoms with Gasteiger partial charge < -0.3 is 52.5 Å². The highest BCUT2D eigenvalue weighted by Gasteiger charge is 2.37. The second-order valence-corrected chi connectivity index (χ2v) is 41.3. The Hall–Kier alpha value is -15.5. The van der Waals surface area contributed by atoms with Crippen molar-refractivity contribution in [3.63, 3.8) is 0 Å². The molecule has 1 unspecified atom stereocenters. The van der Waals surface area contributed by atoms with Crippen LogP contribution < -0.4 is 48.6 Å². The number of aryl methyl sites for hydroxylation is 10. The summed E-state index contributed by atoms with van der Waals surface area (Å²) in [7, 11) is 13.7. The molecule has 41 nitrogen and oxygen atoms in total. The number of pyridine rings is 1. The van der Waals surface area contributed by atoms with Gasteiger partial charge in [-0.2, -0.15) is 54.3 Å². The lowest BCUT2D eigenvalue weighted by atomic mass is 10.2. The Morgan fingerprint density at radius 3 is 1.19 bits per heavy atom. The van der Waals surface area contributed by atoms with Crippen molar-refractivity contribution >= 4 is 224 Å². The van der Waals surface area contributed by atoms with E-state index >= 15 is 0 Å². The summed E-state index contributed by atoms with van der Waals surface area (Å²) < 4.78 is 77.7. The summed E-state index contributed by atoms with van der Waals surface area (Å²) in [6.07, 6.45) is 5.64. The molecule has 0 bridgehead atoms. The van der Waals surface area contributed by atoms with E-state index in [1.54, 1.807) is 132 Å². The first kappa shape index (κ1) is 99.6. The van der Waals surface area contributed by atoms with Crippen LogP contribution in [0, 0.1) is 50.4 Å². The number of alkyl halides is 3. The van der Waals surface area contributed by atoms with E-state index in [-0.39, 0.29) is 50.5 Å². The van der Waals surface area contributed by atoms with E-state index in [2.05, 4.69) is 82.4 Å². The number of fused-ring (bicyclic) bond motifs is 18. The van der Waals surface area contributed by atoms with Gasteiger partial charge in [-0.15, -0.1) is 90.7 Å². The Morgan fingerprint density at radius 1 is 0.434 bits per heavy atom. The molecule has 52 heteroatoms. The molecule has 0 radical (unpaired) electrons. The molecule has 145 heavy (non-hydrogen) atoms. The maximum Gasteiger partial charge on any atom is 0.443 e. The normalized spacial score (nSPS) is 11.8. The van der Waals surface area contributed by atoms with Crippen LogP contribution in [0.25, 0.3) is 128 Å². The number of aliphatic hydroxyl groups is 1. The number of carbonyl (C=O) groups is 1. The number of aliphatic hydroxyl groups excluding tert-OH is 1. The predicted octanol–water partition coefficient (Wildman–Crippen LogP) is 13.2. The number of methoxy groups -OCH3 is 2. The standard InChI is InChI=1S/C18H18N4O3S.C17H13F3N4O2S.C16H12N6OS.C14H12N6O2S2.C14H10N6OS2.C14H18N4O2S/c1-10(23)17-20-16-15(26-17)13-8-19-22(18(24)14(13)21(16)2)9-11-5-4-6-12(7-11)25-3;1-23-12-11(13-14(23)22-16(27-13)17(18,19)20)7-21-24(15(12)25)8-9-4-3-5-10(6-9)26-2;1-9-4-3-5-10(19-9)8-22-16(23)13-11(7-18-22)14-15(21(13)2)20-12(6-17)24-14;1-6-17-7(5-23-6)4-20-14(22)9-8(3-16-20)10-12(19(9)2)18-13(24-10)11(15)21;1-7-17-8(6-22-7)5-20-14(21)11-9(4-16-20)12-13(19(11)2)18-10(3-15)23-12;1-4-6-20-7-5-18-14(19)11-10(8-15-18)12-13(17(11)3)16-9(2)21-12/h4-8,10,23H,9H2,1-3H3;3-7H,8H2,1-2H3;3-5,7H,8H2,1-2H3;3,5H,4H2,1-2H3,(H2,15,21);4,6H,5H2,1-2H3;8H,4-7H2,1-3H3. The van der Waals surface area contributed by atoms with E-state index in [1.807, 2.05) is 118 Å². The van der Waals surface area contributed by atoms with Crippen molar-refractivity contribution < 1.29 is 37.3 Å². The first-order valence-corrected chi connectivity index (χ1v) is 50.7. The molecule has 740 valence electrons. The van der Waals surface area contributed by atoms with Crippen molar-refractivity contribution in [2.45, 2.75) is 99.5 Å². The van der Waals surface area contributed by atoms with E-state index in [0.717, 1.165) is 112 Å². The molecule has 2 aromatic carbocycles. The molecule has 0 aliphatic rings. The van der Waals surface area contributed by atoms with Crippen LogP contribution in [0.1, 0.15) is 105 Å². The lowest BCUT2D eigenvalue weighted by molar-refractivity contribution is -0.137. The van der Waals surface area contributed by atoms with Crippen molar-refractivity contribution in [3.8, 4) is 23.6 Å². The monoisotopic (exact) mass is 2110 g/mol. The zero-order valence-electron chi connectivity index (χ0n) is 79.4. The Labute approximate surface area is 846 Å². The number of ether oxygens (including phenoxy) is 3. The number of hydrogen-bond acceptors (Lipinski definition) is 36. The van der Waals surface area contributed by atoms with Gasteiger partial charge in [-0.05, 0) is 88.6 Å². The van der Waals surface area contributed by atoms with Gasteiger partial charge in [0, 0.05) is 97.7 Å². The average Bonchev–Trinajstić information content (AvgIpc) is 1.59. The lowest BCUT2D eigenvalue weighted by Crippen LogP contribution is -2.26. The maximum absolute atomic E-state index is 13.0. The highest BCUT2D eigenvalue weighted by Crippen LogP contribution is 2.41. The number of aromatic nitrogens is 27. The van der Waals surface area contributed by atoms with Gasteiger partial charge in [-0.25, -0.2) is 68.0 Å². The minimum atomic E-state index is -4.52. The first-order chi connectivity index (χ1) is 69.5. The Balaban J connectivity index is 0.000000114. The summed E-state index contributed by atoms with van der Waals surface area (Å²) in [4.78, 5) is 127. The second-order valence-electron chi connectivity index (χ2n) is 33.0. The fourth-order valence-corrected chi connectivity index (χ4v) is 23.4. The van der Waals surface area contributed by atoms with Crippen molar-refractivity contribution in [1.82, 2.24) is 131 Å². The zero-order chi connectivity index (χ0) is 103. The third kappa shape index (κ3) is 19.3. The summed E-state index contributed by atoms with van der Waals surface area (Å²) in [6.45, 7) is 14.7. The van der Waals surface area contributed by atoms with E-state index in [0.29, 0.717) is 144 Å². The molecule has 23 aromatic rings. The van der Waals surface area contributed by atoms with Crippen LogP contribution in [0.3, 0.4) is 0 Å². The van der Waals surface area contributed by atoms with Gasteiger partial charge in [0.2, 0.25) is 5.01 Å². The number of rotatable bonds is 19. The third-order valence-electron chi connectivity index (χ3n) is 23.2. The molecule has 0 saturated carbocycles. The largest absolute Gasteiger partial charge is 0.497 e. The topological polar surface area (TPSA) is 494 Å². The molecule has 1 atom stereocenters. The molecule has 21 aromatic heterocycles. The fraction of sp³-hybridized carbons (Fsp3) is 0.269. The van der Waals surface area contributed by atoms with Gasteiger partial charge in [0.15, 0.2) is 48.9 Å². The number of benzene rings is 2. The fourth-order valence-electron chi connectivity index (χ4n) is 16.5. The van der Waals surface area contributed by atoms with Crippen LogP contribution in [0.2, 0.25) is 0 Å². The third-order valence-corrected chi connectivity index (χ3v) is 31.3. The summed E-state index contributed by atoms with van der Waals surface area (Å²) in [6, 6.07) is 24.6. The van der Waals surface area contributed by atoms with Gasteiger partial charge in [-0.3, -0.25) is 38.5 Å². The molecule has 23 rings (SSSR count). The number of carbonyl (C=O) groups excluding carboxylic acids is 1. The molecule has 21 heterocycles. The van der Waals surface area contributed by atoms with Gasteiger partial charge in [0.1, 0.15) is 67.8 Å². The summed E-state index contributed by atoms with van der Waals surface area (Å²) >= 11 is 10.3. The van der Waals surface area contributed by atoms with Crippen molar-refractivity contribution in [2.24, 2.45) is 48.0 Å². The molecule has 0 spiro atoms. The number of amides is 1. The first-order valence-electron chi connectivity index (χ1n) is 44.0. The number of primary amides is 1. The van der Waals surface area contributed by atoms with Gasteiger partial charge in [0.25, 0.3) is 39.3 Å². The van der Waals surface area contributed by atoms with Crippen molar-refractivity contribution in [2.75, 3.05) is 27.4 Å². The molecular formula is C93H83F3N30O11S8. The Kier molecular flexibility index (Phi) is 28.0. The van der Waals surface area contributed by atoms with Crippen LogP contribution in [0.15, 0.2) is 143 Å². The minimum absolute atomic E-state index is 0.0852. The molecule has 3 N–H and O–H groups in total. The van der Waals surface area contributed by atoms with Crippen molar-refractivity contribution in [1.29, 1.82) is 10.5 Å². The number of nitrogens with zero attached hydrogens (tertiary/aromatic N) is 29. The summed E-state index contributed by atoms with van der Waals surface area (Å²) in [5.74, 6) is 0.820. The summed E-state index contributed by atoms with van der Waals surface area (Å²) in [5.41, 5.74) is 15.7. The lowest BCUT2D eigenvalue weighted by Gasteiger charge is -2.07. The zero-order valence-corrected chi connectivity index (χ0v) is 85.9. The van der Waals surface area contributed by atoms with E-state index in [9.17, 15) is 51.8 Å². The van der Waals surface area contributed by atoms with Gasteiger partial charge in [0.05, 0.1) is 158 Å². The molecule has 1 amide bonds. The van der Waals surface area contributed by atoms with Crippen molar-refractivity contribution in [3.05, 3.63) is 251 Å². The maximum atomic E-state index is 13.0. The van der Waals surface area contributed by atoms with Crippen LogP contribution in [-0.2, 0) is 92.5 Å². The number of halogens is 3. The van der Waals surface area contributed by atoms with Gasteiger partial charge in [-0.1, -0.05) is 37.3 Å². The quantitative estimate of drug-likeness (QED) is 0.0710. The molecule has 0 fully saturated rings. The second kappa shape index (κ2) is 40.7.